The van der Waals surface area contributed by atoms with Gasteiger partial charge in [0, 0.05) is 18.8 Å². The van der Waals surface area contributed by atoms with E-state index in [0.29, 0.717) is 18.3 Å². The van der Waals surface area contributed by atoms with Crippen LogP contribution in [0.1, 0.15) is 24.0 Å². The number of nitrogens with one attached hydrogen (secondary N) is 1. The fraction of sp³-hybridized carbons (Fsp3) is 0.471. The first-order valence-corrected chi connectivity index (χ1v) is 8.91. The molecular weight excluding hydrogens is 324 g/mol. The maximum Gasteiger partial charge on any atom is 0.243 e. The van der Waals surface area contributed by atoms with E-state index in [1.807, 2.05) is 19.1 Å². The van der Waals surface area contributed by atoms with Crippen molar-refractivity contribution in [1.82, 2.24) is 10.2 Å². The van der Waals surface area contributed by atoms with Crippen molar-refractivity contribution in [1.29, 1.82) is 0 Å². The van der Waals surface area contributed by atoms with Crippen molar-refractivity contribution in [2.45, 2.75) is 32.7 Å². The molecule has 24 heavy (non-hydrogen) atoms. The summed E-state index contributed by atoms with van der Waals surface area (Å²) < 4.78 is 5.31. The molecule has 7 heteroatoms. The summed E-state index contributed by atoms with van der Waals surface area (Å²) in [6.45, 7) is 5.44. The Bertz CT molecular complexity index is 725. The largest absolute Gasteiger partial charge is 0.381 e. The third-order valence-corrected chi connectivity index (χ3v) is 5.22. The van der Waals surface area contributed by atoms with Crippen molar-refractivity contribution in [3.63, 3.8) is 0 Å². The van der Waals surface area contributed by atoms with E-state index in [9.17, 15) is 4.79 Å². The highest BCUT2D eigenvalue weighted by atomic mass is 32.1. The number of hydrogen-bond acceptors (Lipinski definition) is 6. The summed E-state index contributed by atoms with van der Waals surface area (Å²) >= 11 is 1.36. The number of nitrogens with zero attached hydrogens (tertiary/aromatic N) is 2. The normalized spacial score (nSPS) is 16.8. The first-order chi connectivity index (χ1) is 11.5. The van der Waals surface area contributed by atoms with Crippen molar-refractivity contribution >= 4 is 22.4 Å². The molecule has 0 radical (unpaired) electrons. The van der Waals surface area contributed by atoms with Gasteiger partial charge in [0.15, 0.2) is 0 Å². The first-order valence-electron chi connectivity index (χ1n) is 8.10. The maximum atomic E-state index is 12.3. The van der Waals surface area contributed by atoms with Gasteiger partial charge in [-0.25, -0.2) is 0 Å². The molecule has 1 aromatic carbocycles. The smallest absolute Gasteiger partial charge is 0.243 e. The molecule has 3 rings (SSSR count). The molecule has 0 bridgehead atoms. The standard InChI is InChI=1S/C17H22N4O2S/c1-10-3-4-13(11(2)9-10)16-20-21-17(24-16)19-15(22)14(18)12-5-7-23-8-6-12/h3-4,9,12,14H,5-8,18H2,1-2H3,(H,19,21,22). The zero-order chi connectivity index (χ0) is 17.1. The lowest BCUT2D eigenvalue weighted by Gasteiger charge is -2.26. The van der Waals surface area contributed by atoms with Gasteiger partial charge in [-0.1, -0.05) is 35.1 Å². The number of hydrogen-bond donors (Lipinski definition) is 2. The molecular formula is C17H22N4O2S. The molecule has 1 atom stereocenters. The SMILES string of the molecule is Cc1ccc(-c2nnc(NC(=O)C(N)C3CCOCC3)s2)c(C)c1. The summed E-state index contributed by atoms with van der Waals surface area (Å²) in [6, 6.07) is 5.64. The van der Waals surface area contributed by atoms with Crippen molar-refractivity contribution < 1.29 is 9.53 Å². The number of carbonyl (C=O) groups is 1. The number of rotatable bonds is 4. The van der Waals surface area contributed by atoms with Crippen LogP contribution in [0.5, 0.6) is 0 Å². The quantitative estimate of drug-likeness (QED) is 0.888. The van der Waals surface area contributed by atoms with E-state index < -0.39 is 6.04 Å². The van der Waals surface area contributed by atoms with Crippen LogP contribution in [0.4, 0.5) is 5.13 Å². The Morgan fingerprint density at radius 1 is 1.33 bits per heavy atom. The number of benzene rings is 1. The highest BCUT2D eigenvalue weighted by Crippen LogP contribution is 2.29. The molecule has 2 heterocycles. The molecule has 0 spiro atoms. The molecule has 3 N–H and O–H groups in total. The zero-order valence-electron chi connectivity index (χ0n) is 13.9. The van der Waals surface area contributed by atoms with Crippen LogP contribution in [0.15, 0.2) is 18.2 Å². The lowest BCUT2D eigenvalue weighted by molar-refractivity contribution is -0.119. The average molecular weight is 346 g/mol. The van der Waals surface area contributed by atoms with Crippen molar-refractivity contribution in [2.24, 2.45) is 11.7 Å². The minimum atomic E-state index is -0.539. The molecule has 128 valence electrons. The van der Waals surface area contributed by atoms with Gasteiger partial charge in [-0.2, -0.15) is 0 Å². The number of ether oxygens (including phenoxy) is 1. The summed E-state index contributed by atoms with van der Waals surface area (Å²) in [5.74, 6) is -0.0456. The van der Waals surface area contributed by atoms with Crippen LogP contribution in [0.25, 0.3) is 10.6 Å². The van der Waals surface area contributed by atoms with Gasteiger partial charge in [-0.3, -0.25) is 10.1 Å². The number of nitrogens with two attached hydrogens (primary N) is 1. The van der Waals surface area contributed by atoms with E-state index in [-0.39, 0.29) is 11.8 Å². The maximum absolute atomic E-state index is 12.3. The van der Waals surface area contributed by atoms with Crippen molar-refractivity contribution in [3.8, 4) is 10.6 Å². The Balaban J connectivity index is 1.68. The second kappa shape index (κ2) is 7.38. The summed E-state index contributed by atoms with van der Waals surface area (Å²) in [7, 11) is 0. The third kappa shape index (κ3) is 3.80. The third-order valence-electron chi connectivity index (χ3n) is 4.34. The van der Waals surface area contributed by atoms with Crippen LogP contribution in [-0.4, -0.2) is 35.4 Å². The van der Waals surface area contributed by atoms with Gasteiger partial charge in [0.2, 0.25) is 11.0 Å². The van der Waals surface area contributed by atoms with Crippen molar-refractivity contribution in [3.05, 3.63) is 29.3 Å². The van der Waals surface area contributed by atoms with Gasteiger partial charge in [-0.15, -0.1) is 10.2 Å². The van der Waals surface area contributed by atoms with Crippen LogP contribution in [-0.2, 0) is 9.53 Å². The number of amides is 1. The molecule has 1 aliphatic rings. The Hall–Kier alpha value is -1.83. The van der Waals surface area contributed by atoms with Crippen LogP contribution in [0.2, 0.25) is 0 Å². The molecule has 6 nitrogen and oxygen atoms in total. The minimum Gasteiger partial charge on any atom is -0.381 e. The molecule has 1 unspecified atom stereocenters. The average Bonchev–Trinajstić information content (AvgIpc) is 3.03. The van der Waals surface area contributed by atoms with Gasteiger partial charge in [0.1, 0.15) is 5.01 Å². The van der Waals surface area contributed by atoms with E-state index in [1.165, 1.54) is 16.9 Å². The molecule has 2 aromatic rings. The van der Waals surface area contributed by atoms with Gasteiger partial charge >= 0.3 is 0 Å². The predicted octanol–water partition coefficient (Wildman–Crippen LogP) is 2.51. The van der Waals surface area contributed by atoms with E-state index in [2.05, 4.69) is 28.5 Å². The van der Waals surface area contributed by atoms with Gasteiger partial charge < -0.3 is 10.5 Å². The van der Waals surface area contributed by atoms with Gasteiger partial charge in [0.05, 0.1) is 6.04 Å². The lowest BCUT2D eigenvalue weighted by Crippen LogP contribution is -2.43. The van der Waals surface area contributed by atoms with E-state index >= 15 is 0 Å². The Morgan fingerprint density at radius 3 is 2.79 bits per heavy atom. The Labute approximate surface area is 145 Å². The lowest BCUT2D eigenvalue weighted by atomic mass is 9.92. The molecule has 1 amide bonds. The number of carbonyl (C=O) groups excluding carboxylic acids is 1. The minimum absolute atomic E-state index is 0.158. The molecule has 1 saturated heterocycles. The van der Waals surface area contributed by atoms with Crippen LogP contribution in [0.3, 0.4) is 0 Å². The van der Waals surface area contributed by atoms with Crippen molar-refractivity contribution in [2.75, 3.05) is 18.5 Å². The Kier molecular flexibility index (Phi) is 5.23. The molecule has 1 aliphatic heterocycles. The number of aryl methyl sites for hydroxylation is 2. The highest BCUT2D eigenvalue weighted by Gasteiger charge is 2.27. The molecule has 1 aromatic heterocycles. The number of aromatic nitrogens is 2. The van der Waals surface area contributed by atoms with E-state index in [0.717, 1.165) is 29.0 Å². The van der Waals surface area contributed by atoms with E-state index in [4.69, 9.17) is 10.5 Å². The highest BCUT2D eigenvalue weighted by molar-refractivity contribution is 7.18. The molecule has 0 saturated carbocycles. The van der Waals surface area contributed by atoms with Crippen LogP contribution < -0.4 is 11.1 Å². The predicted molar refractivity (Wildman–Crippen MR) is 95.0 cm³/mol. The molecule has 0 aliphatic carbocycles. The fourth-order valence-electron chi connectivity index (χ4n) is 2.91. The van der Waals surface area contributed by atoms with Gasteiger partial charge in [-0.05, 0) is 38.2 Å². The Morgan fingerprint density at radius 2 is 2.08 bits per heavy atom. The fourth-order valence-corrected chi connectivity index (χ4v) is 3.75. The summed E-state index contributed by atoms with van der Waals surface area (Å²) in [5, 5.41) is 12.4. The van der Waals surface area contributed by atoms with E-state index in [1.54, 1.807) is 0 Å². The van der Waals surface area contributed by atoms with Crippen LogP contribution in [0, 0.1) is 19.8 Å². The number of anilines is 1. The summed E-state index contributed by atoms with van der Waals surface area (Å²) in [6.07, 6.45) is 1.64. The summed E-state index contributed by atoms with van der Waals surface area (Å²) in [4.78, 5) is 12.3. The van der Waals surface area contributed by atoms with Crippen LogP contribution >= 0.6 is 11.3 Å². The van der Waals surface area contributed by atoms with Gasteiger partial charge in [0.25, 0.3) is 0 Å². The molecule has 1 fully saturated rings. The topological polar surface area (TPSA) is 90.1 Å². The first kappa shape index (κ1) is 17.0. The second-order valence-electron chi connectivity index (χ2n) is 6.20. The summed E-state index contributed by atoms with van der Waals surface area (Å²) in [5.41, 5.74) is 9.47. The second-order valence-corrected chi connectivity index (χ2v) is 7.17. The monoisotopic (exact) mass is 346 g/mol. The zero-order valence-corrected chi connectivity index (χ0v) is 14.7.